The first kappa shape index (κ1) is 11.3. The van der Waals surface area contributed by atoms with E-state index >= 15 is 0 Å². The van der Waals surface area contributed by atoms with Gasteiger partial charge in [-0.25, -0.2) is 4.79 Å². The van der Waals surface area contributed by atoms with E-state index in [1.165, 1.54) is 12.1 Å². The lowest BCUT2D eigenvalue weighted by atomic mass is 10.1. The molecule has 5 nitrogen and oxygen atoms in total. The van der Waals surface area contributed by atoms with Crippen LogP contribution >= 0.6 is 11.6 Å². The molecule has 1 aromatic carbocycles. The molecule has 1 aliphatic rings. The molecule has 0 saturated heterocycles. The quantitative estimate of drug-likeness (QED) is 0.643. The van der Waals surface area contributed by atoms with Crippen LogP contribution in [-0.4, -0.2) is 17.9 Å². The van der Waals surface area contributed by atoms with Crippen molar-refractivity contribution in [3.05, 3.63) is 28.3 Å². The first-order chi connectivity index (χ1) is 8.11. The Kier molecular flexibility index (Phi) is 2.90. The van der Waals surface area contributed by atoms with Crippen LogP contribution in [0.3, 0.4) is 0 Å². The van der Waals surface area contributed by atoms with E-state index in [-0.39, 0.29) is 12.4 Å². The van der Waals surface area contributed by atoms with Crippen LogP contribution in [0.2, 0.25) is 5.02 Å². The lowest BCUT2D eigenvalue weighted by molar-refractivity contribution is -0.132. The van der Waals surface area contributed by atoms with Crippen LogP contribution < -0.4 is 9.47 Å². The first-order valence-corrected chi connectivity index (χ1v) is 4.94. The second-order valence-electron chi connectivity index (χ2n) is 3.21. The van der Waals surface area contributed by atoms with Gasteiger partial charge in [0.2, 0.25) is 6.79 Å². The van der Waals surface area contributed by atoms with Gasteiger partial charge in [-0.3, -0.25) is 0 Å². The number of fused-ring (bicyclic) bond motifs is 1. The second-order valence-corrected chi connectivity index (χ2v) is 3.62. The minimum atomic E-state index is -1.29. The van der Waals surface area contributed by atoms with Crippen LogP contribution in [0.5, 0.6) is 11.5 Å². The zero-order valence-electron chi connectivity index (χ0n) is 8.44. The molecule has 0 amide bonds. The Balaban J connectivity index is 2.45. The minimum Gasteiger partial charge on any atom is -0.477 e. The van der Waals surface area contributed by atoms with Gasteiger partial charge in [0.1, 0.15) is 11.6 Å². The summed E-state index contributed by atoms with van der Waals surface area (Å²) in [5.74, 6) is -0.426. The summed E-state index contributed by atoms with van der Waals surface area (Å²) in [4.78, 5) is 10.7. The highest BCUT2D eigenvalue weighted by molar-refractivity contribution is 6.32. The molecular weight excluding hydrogens is 246 g/mol. The Morgan fingerprint density at radius 3 is 2.94 bits per heavy atom. The molecule has 0 unspecified atom stereocenters. The Bertz CT molecular complexity index is 559. The maximum Gasteiger partial charge on any atom is 0.346 e. The zero-order chi connectivity index (χ0) is 12.4. The minimum absolute atomic E-state index is 0.0757. The lowest BCUT2D eigenvalue weighted by Crippen LogP contribution is -1.97. The number of ether oxygens (including phenoxy) is 2. The van der Waals surface area contributed by atoms with E-state index in [9.17, 15) is 4.79 Å². The Hall–Kier alpha value is -2.19. The fraction of sp³-hybridized carbons (Fsp3) is 0.0909. The molecule has 0 spiro atoms. The molecule has 17 heavy (non-hydrogen) atoms. The van der Waals surface area contributed by atoms with Crippen molar-refractivity contribution in [1.29, 1.82) is 5.26 Å². The second kappa shape index (κ2) is 4.36. The summed E-state index contributed by atoms with van der Waals surface area (Å²) in [6.45, 7) is 0.0757. The third-order valence-electron chi connectivity index (χ3n) is 2.11. The van der Waals surface area contributed by atoms with Crippen molar-refractivity contribution in [3.63, 3.8) is 0 Å². The first-order valence-electron chi connectivity index (χ1n) is 4.56. The summed E-state index contributed by atoms with van der Waals surface area (Å²) in [5, 5.41) is 17.7. The molecule has 2 rings (SSSR count). The van der Waals surface area contributed by atoms with Crippen LogP contribution in [0.15, 0.2) is 17.7 Å². The SMILES string of the molecule is N#C/C(=C\c1cc(Cl)c2c(c1)OCO2)C(=O)O. The molecule has 86 valence electrons. The highest BCUT2D eigenvalue weighted by Gasteiger charge is 2.18. The molecule has 0 atom stereocenters. The van der Waals surface area contributed by atoms with Gasteiger partial charge in [0.25, 0.3) is 0 Å². The van der Waals surface area contributed by atoms with Gasteiger partial charge < -0.3 is 14.6 Å². The van der Waals surface area contributed by atoms with Gasteiger partial charge in [-0.1, -0.05) is 11.6 Å². The van der Waals surface area contributed by atoms with Gasteiger partial charge >= 0.3 is 5.97 Å². The number of hydrogen-bond acceptors (Lipinski definition) is 4. The van der Waals surface area contributed by atoms with Crippen LogP contribution in [0.4, 0.5) is 0 Å². The normalized spacial score (nSPS) is 13.3. The van der Waals surface area contributed by atoms with Crippen LogP contribution in [0.1, 0.15) is 5.56 Å². The van der Waals surface area contributed by atoms with Gasteiger partial charge in [-0.15, -0.1) is 0 Å². The van der Waals surface area contributed by atoms with E-state index in [4.69, 9.17) is 31.4 Å². The van der Waals surface area contributed by atoms with Crippen molar-refractivity contribution in [2.24, 2.45) is 0 Å². The molecule has 0 aliphatic carbocycles. The Morgan fingerprint density at radius 2 is 2.29 bits per heavy atom. The number of aliphatic carboxylic acids is 1. The lowest BCUT2D eigenvalue weighted by Gasteiger charge is -2.01. The molecule has 1 N–H and O–H groups in total. The monoisotopic (exact) mass is 251 g/mol. The molecule has 1 heterocycles. The Morgan fingerprint density at radius 1 is 1.53 bits per heavy atom. The average Bonchev–Trinajstić information content (AvgIpc) is 2.74. The number of nitrogens with zero attached hydrogens (tertiary/aromatic N) is 1. The number of halogens is 1. The summed E-state index contributed by atoms with van der Waals surface area (Å²) in [5.41, 5.74) is 0.0955. The van der Waals surface area contributed by atoms with Crippen LogP contribution in [0, 0.1) is 11.3 Å². The number of rotatable bonds is 2. The molecular formula is C11H6ClNO4. The molecule has 1 aromatic rings. The molecule has 0 bridgehead atoms. The Labute approximate surface area is 101 Å². The average molecular weight is 252 g/mol. The van der Waals surface area contributed by atoms with Crippen LogP contribution in [-0.2, 0) is 4.79 Å². The van der Waals surface area contributed by atoms with E-state index < -0.39 is 5.97 Å². The number of benzene rings is 1. The van der Waals surface area contributed by atoms with Gasteiger partial charge in [-0.05, 0) is 23.8 Å². The van der Waals surface area contributed by atoms with Gasteiger partial charge in [0.15, 0.2) is 11.5 Å². The smallest absolute Gasteiger partial charge is 0.346 e. The topological polar surface area (TPSA) is 79.5 Å². The van der Waals surface area contributed by atoms with Crippen molar-refractivity contribution < 1.29 is 19.4 Å². The molecule has 0 radical (unpaired) electrons. The highest BCUT2D eigenvalue weighted by Crippen LogP contribution is 2.40. The predicted molar refractivity (Wildman–Crippen MR) is 58.8 cm³/mol. The number of carbonyl (C=O) groups is 1. The van der Waals surface area contributed by atoms with Crippen molar-refractivity contribution in [2.75, 3.05) is 6.79 Å². The summed E-state index contributed by atoms with van der Waals surface area (Å²) in [6, 6.07) is 4.66. The van der Waals surface area contributed by atoms with Crippen molar-refractivity contribution >= 4 is 23.6 Å². The van der Waals surface area contributed by atoms with Gasteiger partial charge in [0.05, 0.1) is 5.02 Å². The predicted octanol–water partition coefficient (Wildman–Crippen LogP) is 2.06. The summed E-state index contributed by atoms with van der Waals surface area (Å²) >= 11 is 5.92. The number of carboxylic acids is 1. The van der Waals surface area contributed by atoms with E-state index in [1.807, 2.05) is 0 Å². The van der Waals surface area contributed by atoms with Crippen molar-refractivity contribution in [2.45, 2.75) is 0 Å². The number of nitriles is 1. The zero-order valence-corrected chi connectivity index (χ0v) is 9.19. The fourth-order valence-corrected chi connectivity index (χ4v) is 1.65. The molecule has 0 aromatic heterocycles. The third-order valence-corrected chi connectivity index (χ3v) is 2.39. The third kappa shape index (κ3) is 2.17. The van der Waals surface area contributed by atoms with E-state index in [1.54, 1.807) is 12.1 Å². The summed E-state index contributed by atoms with van der Waals surface area (Å²) in [7, 11) is 0. The summed E-state index contributed by atoms with van der Waals surface area (Å²) < 4.78 is 10.2. The largest absolute Gasteiger partial charge is 0.477 e. The maximum absolute atomic E-state index is 10.7. The molecule has 1 aliphatic heterocycles. The molecule has 0 fully saturated rings. The van der Waals surface area contributed by atoms with Gasteiger partial charge in [-0.2, -0.15) is 5.26 Å². The van der Waals surface area contributed by atoms with Crippen molar-refractivity contribution in [3.8, 4) is 17.6 Å². The fourth-order valence-electron chi connectivity index (χ4n) is 1.38. The van der Waals surface area contributed by atoms with Gasteiger partial charge in [0, 0.05) is 0 Å². The standard InChI is InChI=1S/C11H6ClNO4/c12-8-2-6(1-7(4-13)11(14)15)3-9-10(8)17-5-16-9/h1-3H,5H2,(H,14,15)/b7-1+. The van der Waals surface area contributed by atoms with E-state index in [0.717, 1.165) is 0 Å². The number of hydrogen-bond donors (Lipinski definition) is 1. The van der Waals surface area contributed by atoms with Crippen molar-refractivity contribution in [1.82, 2.24) is 0 Å². The highest BCUT2D eigenvalue weighted by atomic mass is 35.5. The van der Waals surface area contributed by atoms with E-state index in [2.05, 4.69) is 0 Å². The number of carboxylic acid groups (broad SMARTS) is 1. The maximum atomic E-state index is 10.7. The summed E-state index contributed by atoms with van der Waals surface area (Å²) in [6.07, 6.45) is 1.22. The van der Waals surface area contributed by atoms with Crippen LogP contribution in [0.25, 0.3) is 6.08 Å². The molecule has 6 heteroatoms. The van der Waals surface area contributed by atoms with E-state index in [0.29, 0.717) is 22.1 Å². The molecule has 0 saturated carbocycles.